The zero-order chi connectivity index (χ0) is 22.2. The highest BCUT2D eigenvalue weighted by molar-refractivity contribution is 5.91. The number of phenolic OH excluding ortho intramolecular Hbond substituents is 2. The normalized spacial score (nSPS) is 17.8. The largest absolute Gasteiger partial charge is 0.508 e. The molecule has 2 atom stereocenters. The molecule has 2 aromatic carbocycles. The van der Waals surface area contributed by atoms with Crippen LogP contribution in [0.25, 0.3) is 21.9 Å². The number of aromatic hydroxyl groups is 3. The molecule has 0 spiro atoms. The number of aliphatic hydroxyl groups is 1. The van der Waals surface area contributed by atoms with E-state index in [2.05, 4.69) is 0 Å². The van der Waals surface area contributed by atoms with Gasteiger partial charge in [-0.15, -0.1) is 0 Å². The predicted octanol–water partition coefficient (Wildman–Crippen LogP) is 2.48. The van der Waals surface area contributed by atoms with Gasteiger partial charge in [0.2, 0.25) is 6.29 Å². The average molecular weight is 424 g/mol. The minimum absolute atomic E-state index is 0.00238. The summed E-state index contributed by atoms with van der Waals surface area (Å²) in [5.74, 6) is -2.14. The number of hydrogen-bond acceptors (Lipinski definition) is 9. The van der Waals surface area contributed by atoms with Gasteiger partial charge < -0.3 is 34.0 Å². The Morgan fingerprint density at radius 1 is 0.774 bits per heavy atom. The Hall–Kier alpha value is -3.98. The first kappa shape index (κ1) is 19.0. The van der Waals surface area contributed by atoms with Crippen molar-refractivity contribution >= 4 is 21.9 Å². The number of phenols is 2. The molecule has 4 aromatic rings. The van der Waals surface area contributed by atoms with E-state index in [9.17, 15) is 30.0 Å². The summed E-state index contributed by atoms with van der Waals surface area (Å²) in [6.45, 7) is 3.25. The van der Waals surface area contributed by atoms with Crippen molar-refractivity contribution in [3.8, 4) is 23.0 Å². The Kier molecular flexibility index (Phi) is 3.84. The third-order valence-electron chi connectivity index (χ3n) is 5.52. The summed E-state index contributed by atoms with van der Waals surface area (Å²) in [6, 6.07) is 5.23. The van der Waals surface area contributed by atoms with E-state index in [-0.39, 0.29) is 44.9 Å². The van der Waals surface area contributed by atoms with Gasteiger partial charge in [-0.25, -0.2) is 9.59 Å². The van der Waals surface area contributed by atoms with Gasteiger partial charge in [0.05, 0.1) is 27.8 Å². The molecule has 0 radical (unpaired) electrons. The van der Waals surface area contributed by atoms with Gasteiger partial charge in [0.25, 0.3) is 0 Å². The lowest BCUT2D eigenvalue weighted by molar-refractivity contribution is -0.00988. The van der Waals surface area contributed by atoms with Crippen molar-refractivity contribution in [2.24, 2.45) is 0 Å². The average Bonchev–Trinajstić information content (AvgIpc) is 2.97. The SMILES string of the molecule is Cc1cc(O)cc2oc(=O)c(C3c4c(c5c(C)cc(O)cc5oc4=O)OC3O)c(O)c12. The fraction of sp³-hybridized carbons (Fsp3) is 0.182. The maximum atomic E-state index is 12.8. The first-order valence-corrected chi connectivity index (χ1v) is 9.31. The van der Waals surface area contributed by atoms with Gasteiger partial charge >= 0.3 is 11.3 Å². The minimum atomic E-state index is -1.68. The molecule has 2 aromatic heterocycles. The first-order valence-electron chi connectivity index (χ1n) is 9.31. The molecule has 0 saturated carbocycles. The van der Waals surface area contributed by atoms with E-state index in [1.165, 1.54) is 24.3 Å². The van der Waals surface area contributed by atoms with Crippen LogP contribution in [0.15, 0.2) is 42.7 Å². The predicted molar refractivity (Wildman–Crippen MR) is 108 cm³/mol. The highest BCUT2D eigenvalue weighted by Crippen LogP contribution is 2.47. The van der Waals surface area contributed by atoms with Crippen LogP contribution in [0, 0.1) is 13.8 Å². The summed E-state index contributed by atoms with van der Waals surface area (Å²) < 4.78 is 16.1. The highest BCUT2D eigenvalue weighted by atomic mass is 16.6. The van der Waals surface area contributed by atoms with Crippen molar-refractivity contribution in [3.63, 3.8) is 0 Å². The van der Waals surface area contributed by atoms with E-state index in [0.29, 0.717) is 16.5 Å². The van der Waals surface area contributed by atoms with Crippen LogP contribution in [0.4, 0.5) is 0 Å². The molecule has 1 aliphatic rings. The zero-order valence-electron chi connectivity index (χ0n) is 16.3. The van der Waals surface area contributed by atoms with Crippen LogP contribution in [-0.2, 0) is 0 Å². The van der Waals surface area contributed by atoms with Crippen LogP contribution in [0.1, 0.15) is 28.2 Å². The van der Waals surface area contributed by atoms with Crippen molar-refractivity contribution in [2.75, 3.05) is 0 Å². The Labute approximate surface area is 173 Å². The van der Waals surface area contributed by atoms with Gasteiger partial charge in [0.1, 0.15) is 34.2 Å². The monoisotopic (exact) mass is 424 g/mol. The van der Waals surface area contributed by atoms with E-state index in [1.807, 2.05) is 0 Å². The lowest BCUT2D eigenvalue weighted by Gasteiger charge is -2.15. The third-order valence-corrected chi connectivity index (χ3v) is 5.52. The molecule has 1 aliphatic heterocycles. The second kappa shape index (κ2) is 6.26. The van der Waals surface area contributed by atoms with Gasteiger partial charge in [0.15, 0.2) is 0 Å². The summed E-state index contributed by atoms with van der Waals surface area (Å²) in [5.41, 5.74) is -1.47. The number of ether oxygens (including phenoxy) is 1. The van der Waals surface area contributed by atoms with Gasteiger partial charge in [-0.2, -0.15) is 0 Å². The second-order valence-corrected chi connectivity index (χ2v) is 7.54. The fourth-order valence-corrected chi connectivity index (χ4v) is 4.28. The van der Waals surface area contributed by atoms with Crippen LogP contribution in [-0.4, -0.2) is 26.7 Å². The van der Waals surface area contributed by atoms with Crippen molar-refractivity contribution in [1.29, 1.82) is 0 Å². The molecule has 0 fully saturated rings. The molecule has 2 unspecified atom stereocenters. The van der Waals surface area contributed by atoms with Crippen molar-refractivity contribution in [3.05, 3.63) is 67.4 Å². The summed E-state index contributed by atoms with van der Waals surface area (Å²) in [7, 11) is 0. The van der Waals surface area contributed by atoms with Gasteiger partial charge in [-0.1, -0.05) is 0 Å². The highest BCUT2D eigenvalue weighted by Gasteiger charge is 2.43. The van der Waals surface area contributed by atoms with Gasteiger partial charge in [-0.05, 0) is 37.1 Å². The maximum absolute atomic E-state index is 12.8. The molecule has 4 N–H and O–H groups in total. The molecule has 0 bridgehead atoms. The minimum Gasteiger partial charge on any atom is -0.508 e. The van der Waals surface area contributed by atoms with Gasteiger partial charge in [-0.3, -0.25) is 0 Å². The molecular formula is C22H16O9. The molecule has 9 heteroatoms. The lowest BCUT2D eigenvalue weighted by Crippen LogP contribution is -2.26. The molecule has 31 heavy (non-hydrogen) atoms. The molecule has 0 saturated heterocycles. The van der Waals surface area contributed by atoms with E-state index in [1.54, 1.807) is 13.8 Å². The third kappa shape index (κ3) is 2.60. The number of rotatable bonds is 1. The van der Waals surface area contributed by atoms with E-state index in [0.717, 1.165) is 0 Å². The molecule has 0 amide bonds. The Bertz CT molecular complexity index is 1530. The summed E-state index contributed by atoms with van der Waals surface area (Å²) >= 11 is 0. The van der Waals surface area contributed by atoms with Crippen LogP contribution >= 0.6 is 0 Å². The van der Waals surface area contributed by atoms with Crippen LogP contribution in [0.2, 0.25) is 0 Å². The molecule has 158 valence electrons. The van der Waals surface area contributed by atoms with Crippen LogP contribution in [0.5, 0.6) is 23.0 Å². The summed E-state index contributed by atoms with van der Waals surface area (Å²) in [6.07, 6.45) is -1.68. The number of aryl methyl sites for hydroxylation is 2. The summed E-state index contributed by atoms with van der Waals surface area (Å²) in [5, 5.41) is 41.6. The maximum Gasteiger partial charge on any atom is 0.344 e. The Morgan fingerprint density at radius 2 is 1.29 bits per heavy atom. The number of fused-ring (bicyclic) bond motifs is 4. The smallest absolute Gasteiger partial charge is 0.344 e. The van der Waals surface area contributed by atoms with Crippen LogP contribution < -0.4 is 16.0 Å². The van der Waals surface area contributed by atoms with E-state index in [4.69, 9.17) is 13.6 Å². The topological polar surface area (TPSA) is 151 Å². The van der Waals surface area contributed by atoms with Gasteiger partial charge in [0, 0.05) is 12.1 Å². The molecule has 9 nitrogen and oxygen atoms in total. The summed E-state index contributed by atoms with van der Waals surface area (Å²) in [4.78, 5) is 25.6. The van der Waals surface area contributed by atoms with Crippen molar-refractivity contribution in [2.45, 2.75) is 26.1 Å². The molecular weight excluding hydrogens is 408 g/mol. The number of aliphatic hydroxyl groups excluding tert-OH is 1. The lowest BCUT2D eigenvalue weighted by atomic mass is 9.91. The fourth-order valence-electron chi connectivity index (χ4n) is 4.28. The Morgan fingerprint density at radius 3 is 1.90 bits per heavy atom. The van der Waals surface area contributed by atoms with Crippen LogP contribution in [0.3, 0.4) is 0 Å². The molecule has 5 rings (SSSR count). The van der Waals surface area contributed by atoms with E-state index < -0.39 is 29.2 Å². The van der Waals surface area contributed by atoms with E-state index >= 15 is 0 Å². The molecule has 0 aliphatic carbocycles. The van der Waals surface area contributed by atoms with Crippen molar-refractivity contribution < 1.29 is 34.0 Å². The number of benzene rings is 2. The van der Waals surface area contributed by atoms with Crippen molar-refractivity contribution in [1.82, 2.24) is 0 Å². The quantitative estimate of drug-likeness (QED) is 0.338. The standard InChI is InChI=1S/C22H16O9/c1-7-3-9(23)5-11-13(7)18(25)16(21(27)29-11)15-17-19(31-20(15)26)14-8(2)4-10(24)6-12(14)30-22(17)28/h3-6,15,20,23-26H,1-2H3. The second-order valence-electron chi connectivity index (χ2n) is 7.54. The first-order chi connectivity index (χ1) is 14.7. The number of hydrogen-bond donors (Lipinski definition) is 4. The zero-order valence-corrected chi connectivity index (χ0v) is 16.3. The Balaban J connectivity index is 1.86. The molecule has 3 heterocycles.